The summed E-state index contributed by atoms with van der Waals surface area (Å²) in [6.45, 7) is 1.50. The minimum absolute atomic E-state index is 0.0923. The topological polar surface area (TPSA) is 102 Å². The zero-order valence-corrected chi connectivity index (χ0v) is 16.6. The van der Waals surface area contributed by atoms with E-state index in [-0.39, 0.29) is 17.7 Å². The second-order valence-corrected chi connectivity index (χ2v) is 8.45. The number of aryl methyl sites for hydroxylation is 1. The second-order valence-electron chi connectivity index (χ2n) is 6.72. The molecule has 1 atom stereocenters. The monoisotopic (exact) mass is 401 g/mol. The number of hydrogen-bond donors (Lipinski definition) is 1. The fourth-order valence-corrected chi connectivity index (χ4v) is 3.70. The van der Waals surface area contributed by atoms with Gasteiger partial charge < -0.3 is 4.74 Å². The Labute approximate surface area is 164 Å². The van der Waals surface area contributed by atoms with Gasteiger partial charge in [-0.05, 0) is 35.2 Å². The Balaban J connectivity index is 1.78. The van der Waals surface area contributed by atoms with E-state index >= 15 is 0 Å². The van der Waals surface area contributed by atoms with Gasteiger partial charge in [0.1, 0.15) is 5.75 Å². The highest BCUT2D eigenvalue weighted by Gasteiger charge is 2.31. The number of hydrazone groups is 1. The maximum atomic E-state index is 12.1. The third-order valence-electron chi connectivity index (χ3n) is 4.70. The molecule has 1 unspecified atom stereocenters. The first-order chi connectivity index (χ1) is 13.3. The molecular formula is C20H23N3O4S. The van der Waals surface area contributed by atoms with Gasteiger partial charge in [-0.1, -0.05) is 36.4 Å². The lowest BCUT2D eigenvalue weighted by atomic mass is 9.97. The molecule has 1 aliphatic heterocycles. The van der Waals surface area contributed by atoms with Gasteiger partial charge in [0.15, 0.2) is 0 Å². The summed E-state index contributed by atoms with van der Waals surface area (Å²) >= 11 is 0. The Bertz CT molecular complexity index is 983. The van der Waals surface area contributed by atoms with Crippen LogP contribution in [0.25, 0.3) is 0 Å². The largest absolute Gasteiger partial charge is 0.497 e. The van der Waals surface area contributed by atoms with Gasteiger partial charge in [0.25, 0.3) is 0 Å². The average molecular weight is 401 g/mol. The number of methoxy groups -OCH3 is 1. The van der Waals surface area contributed by atoms with Gasteiger partial charge in [-0.3, -0.25) is 4.79 Å². The van der Waals surface area contributed by atoms with Crippen molar-refractivity contribution in [2.24, 2.45) is 10.2 Å². The van der Waals surface area contributed by atoms with Gasteiger partial charge in [0, 0.05) is 13.3 Å². The van der Waals surface area contributed by atoms with Crippen molar-refractivity contribution in [2.75, 3.05) is 12.9 Å². The molecule has 2 N–H and O–H groups in total. The van der Waals surface area contributed by atoms with Crippen LogP contribution in [0, 0.1) is 0 Å². The van der Waals surface area contributed by atoms with Gasteiger partial charge >= 0.3 is 0 Å². The van der Waals surface area contributed by atoms with Crippen molar-refractivity contribution < 1.29 is 17.9 Å². The van der Waals surface area contributed by atoms with E-state index in [1.165, 1.54) is 11.9 Å². The number of amides is 1. The predicted molar refractivity (Wildman–Crippen MR) is 108 cm³/mol. The second kappa shape index (κ2) is 8.12. The lowest BCUT2D eigenvalue weighted by Crippen LogP contribution is -2.24. The van der Waals surface area contributed by atoms with Gasteiger partial charge in [-0.25, -0.2) is 18.6 Å². The number of sulfonamides is 1. The molecule has 2 aromatic carbocycles. The van der Waals surface area contributed by atoms with E-state index in [2.05, 4.69) is 5.10 Å². The summed E-state index contributed by atoms with van der Waals surface area (Å²) in [5.74, 6) is 0.540. The van der Waals surface area contributed by atoms with Gasteiger partial charge in [0.2, 0.25) is 15.9 Å². The van der Waals surface area contributed by atoms with Crippen LogP contribution < -0.4 is 9.88 Å². The number of nitrogens with zero attached hydrogens (tertiary/aromatic N) is 2. The number of benzene rings is 2. The lowest BCUT2D eigenvalue weighted by Gasteiger charge is -2.20. The van der Waals surface area contributed by atoms with Crippen LogP contribution in [0.1, 0.15) is 36.1 Å². The molecule has 7 nitrogen and oxygen atoms in total. The fraction of sp³-hybridized carbons (Fsp3) is 0.300. The van der Waals surface area contributed by atoms with Gasteiger partial charge in [-0.2, -0.15) is 5.10 Å². The number of rotatable bonds is 6. The van der Waals surface area contributed by atoms with Crippen molar-refractivity contribution in [3.8, 4) is 5.75 Å². The standard InChI is InChI=1S/C20H23N3O4S/c1-14(24)23-20(17-7-9-18(27-2)10-8-17)13-19(22-23)16-5-3-15(4-6-16)11-12-28(21,25)26/h3-10,20H,11-13H2,1-2H3,(H2,21,25,26). The maximum absolute atomic E-state index is 12.1. The molecular weight excluding hydrogens is 378 g/mol. The summed E-state index contributed by atoms with van der Waals surface area (Å²) in [6.07, 6.45) is 0.960. The molecule has 0 aromatic heterocycles. The molecule has 3 rings (SSSR count). The Morgan fingerprint density at radius 1 is 1.18 bits per heavy atom. The third kappa shape index (κ3) is 4.76. The highest BCUT2D eigenvalue weighted by atomic mass is 32.2. The zero-order valence-electron chi connectivity index (χ0n) is 15.8. The molecule has 0 spiro atoms. The van der Waals surface area contributed by atoms with E-state index in [0.29, 0.717) is 12.8 Å². The van der Waals surface area contributed by atoms with Crippen molar-refractivity contribution >= 4 is 21.6 Å². The number of ether oxygens (including phenoxy) is 1. The van der Waals surface area contributed by atoms with Crippen LogP contribution in [-0.2, 0) is 21.2 Å². The van der Waals surface area contributed by atoms with Crippen molar-refractivity contribution in [3.05, 3.63) is 65.2 Å². The van der Waals surface area contributed by atoms with Crippen LogP contribution >= 0.6 is 0 Å². The lowest BCUT2D eigenvalue weighted by molar-refractivity contribution is -0.130. The molecule has 1 heterocycles. The Hall–Kier alpha value is -2.71. The molecule has 0 aliphatic carbocycles. The van der Waals surface area contributed by atoms with Gasteiger partial charge in [0.05, 0.1) is 24.6 Å². The number of carbonyl (C=O) groups excluding carboxylic acids is 1. The first-order valence-corrected chi connectivity index (χ1v) is 10.6. The summed E-state index contributed by atoms with van der Waals surface area (Å²) in [5, 5.41) is 11.1. The minimum atomic E-state index is -3.48. The molecule has 28 heavy (non-hydrogen) atoms. The van der Waals surface area contributed by atoms with Gasteiger partial charge in [-0.15, -0.1) is 0 Å². The van der Waals surface area contributed by atoms with E-state index in [4.69, 9.17) is 9.88 Å². The normalized spacial score (nSPS) is 16.8. The SMILES string of the molecule is COc1ccc(C2CC(c3ccc(CCS(N)(=O)=O)cc3)=NN2C(C)=O)cc1. The Morgan fingerprint density at radius 2 is 1.82 bits per heavy atom. The molecule has 0 fully saturated rings. The fourth-order valence-electron chi connectivity index (χ4n) is 3.18. The molecule has 8 heteroatoms. The maximum Gasteiger partial charge on any atom is 0.240 e. The molecule has 1 amide bonds. The van der Waals surface area contributed by atoms with Crippen LogP contribution in [0.3, 0.4) is 0 Å². The van der Waals surface area contributed by atoms with Crippen molar-refractivity contribution in [1.29, 1.82) is 0 Å². The summed E-state index contributed by atoms with van der Waals surface area (Å²) in [4.78, 5) is 12.1. The predicted octanol–water partition coefficient (Wildman–Crippen LogP) is 2.22. The highest BCUT2D eigenvalue weighted by molar-refractivity contribution is 7.89. The van der Waals surface area contributed by atoms with E-state index in [1.807, 2.05) is 48.5 Å². The van der Waals surface area contributed by atoms with E-state index < -0.39 is 10.0 Å². The average Bonchev–Trinajstić information content (AvgIpc) is 3.12. The molecule has 0 saturated heterocycles. The zero-order chi connectivity index (χ0) is 20.3. The number of hydrogen-bond acceptors (Lipinski definition) is 5. The summed E-state index contributed by atoms with van der Waals surface area (Å²) in [5.41, 5.74) is 3.58. The minimum Gasteiger partial charge on any atom is -0.497 e. The smallest absolute Gasteiger partial charge is 0.240 e. The number of carbonyl (C=O) groups is 1. The third-order valence-corrected chi connectivity index (χ3v) is 5.47. The van der Waals surface area contributed by atoms with Crippen LogP contribution in [-0.4, -0.2) is 37.9 Å². The van der Waals surface area contributed by atoms with E-state index in [1.54, 1.807) is 7.11 Å². The summed E-state index contributed by atoms with van der Waals surface area (Å²) < 4.78 is 27.4. The number of nitrogens with two attached hydrogens (primary N) is 1. The molecule has 0 bridgehead atoms. The number of primary sulfonamides is 1. The van der Waals surface area contributed by atoms with E-state index in [9.17, 15) is 13.2 Å². The van der Waals surface area contributed by atoms with Crippen LogP contribution in [0.4, 0.5) is 0 Å². The Morgan fingerprint density at radius 3 is 2.36 bits per heavy atom. The molecule has 1 aliphatic rings. The molecule has 0 saturated carbocycles. The van der Waals surface area contributed by atoms with E-state index in [0.717, 1.165) is 28.2 Å². The molecule has 0 radical (unpaired) electrons. The first-order valence-electron chi connectivity index (χ1n) is 8.88. The highest BCUT2D eigenvalue weighted by Crippen LogP contribution is 2.33. The quantitative estimate of drug-likeness (QED) is 0.802. The van der Waals surface area contributed by atoms with Crippen LogP contribution in [0.2, 0.25) is 0 Å². The summed E-state index contributed by atoms with van der Waals surface area (Å²) in [7, 11) is -1.87. The van der Waals surface area contributed by atoms with Crippen molar-refractivity contribution in [3.63, 3.8) is 0 Å². The van der Waals surface area contributed by atoms with Crippen molar-refractivity contribution in [2.45, 2.75) is 25.8 Å². The first kappa shape index (κ1) is 20.0. The summed E-state index contributed by atoms with van der Waals surface area (Å²) in [6, 6.07) is 15.0. The van der Waals surface area contributed by atoms with Crippen LogP contribution in [0.15, 0.2) is 53.6 Å². The molecule has 148 valence electrons. The van der Waals surface area contributed by atoms with Crippen molar-refractivity contribution in [1.82, 2.24) is 5.01 Å². The van der Waals surface area contributed by atoms with Crippen LogP contribution in [0.5, 0.6) is 5.75 Å². The molecule has 2 aromatic rings. The Kier molecular flexibility index (Phi) is 5.81.